The maximum atomic E-state index is 13.0. The molecule has 0 saturated heterocycles. The van der Waals surface area contributed by atoms with Crippen LogP contribution in [-0.4, -0.2) is 25.5 Å². The van der Waals surface area contributed by atoms with E-state index in [1.54, 1.807) is 16.5 Å². The number of carbonyl (C=O) groups is 1. The summed E-state index contributed by atoms with van der Waals surface area (Å²) < 4.78 is 1.79. The molecule has 1 atom stereocenters. The fourth-order valence-corrected chi connectivity index (χ4v) is 4.40. The Kier molecular flexibility index (Phi) is 4.58. The molecule has 7 heteroatoms. The lowest BCUT2D eigenvalue weighted by Crippen LogP contribution is -2.31. The molecule has 0 bridgehead atoms. The zero-order chi connectivity index (χ0) is 20.7. The molecule has 1 aliphatic carbocycles. The van der Waals surface area contributed by atoms with Gasteiger partial charge in [0, 0.05) is 12.0 Å². The van der Waals surface area contributed by atoms with Gasteiger partial charge in [0.05, 0.1) is 17.1 Å². The van der Waals surface area contributed by atoms with Crippen molar-refractivity contribution in [3.05, 3.63) is 75.3 Å². The van der Waals surface area contributed by atoms with Crippen LogP contribution in [0.25, 0.3) is 16.7 Å². The first-order valence-corrected chi connectivity index (χ1v) is 10.4. The van der Waals surface area contributed by atoms with Crippen LogP contribution >= 0.6 is 0 Å². The van der Waals surface area contributed by atoms with E-state index in [0.29, 0.717) is 11.1 Å². The van der Waals surface area contributed by atoms with Crippen molar-refractivity contribution < 1.29 is 4.79 Å². The number of aromatic nitrogens is 4. The molecule has 2 heterocycles. The van der Waals surface area contributed by atoms with E-state index in [1.807, 2.05) is 18.2 Å². The predicted molar refractivity (Wildman–Crippen MR) is 115 cm³/mol. The molecule has 0 aliphatic heterocycles. The number of amides is 1. The van der Waals surface area contributed by atoms with Gasteiger partial charge in [-0.25, -0.2) is 0 Å². The smallest absolute Gasteiger partial charge is 0.294 e. The molecule has 2 aromatic heterocycles. The van der Waals surface area contributed by atoms with E-state index in [9.17, 15) is 9.59 Å². The van der Waals surface area contributed by atoms with Crippen LogP contribution in [-0.2, 0) is 12.8 Å². The number of rotatable bonds is 4. The molecule has 4 aromatic rings. The molecule has 1 amide bonds. The molecule has 7 nitrogen and oxygen atoms in total. The summed E-state index contributed by atoms with van der Waals surface area (Å²) in [6.45, 7) is 2.06. The Bertz CT molecular complexity index is 1320. The van der Waals surface area contributed by atoms with E-state index in [1.165, 1.54) is 11.1 Å². The first-order valence-electron chi connectivity index (χ1n) is 10.4. The van der Waals surface area contributed by atoms with E-state index in [0.717, 1.165) is 43.4 Å². The molecule has 5 rings (SSSR count). The van der Waals surface area contributed by atoms with Crippen LogP contribution < -0.4 is 10.9 Å². The van der Waals surface area contributed by atoms with Gasteiger partial charge in [-0.05, 0) is 55.0 Å². The van der Waals surface area contributed by atoms with Gasteiger partial charge in [-0.3, -0.25) is 14.0 Å². The van der Waals surface area contributed by atoms with Crippen LogP contribution in [0.15, 0.2) is 47.3 Å². The molecule has 0 radical (unpaired) electrons. The van der Waals surface area contributed by atoms with Gasteiger partial charge < -0.3 is 10.3 Å². The quantitative estimate of drug-likeness (QED) is 0.549. The van der Waals surface area contributed by atoms with Crippen molar-refractivity contribution in [1.29, 1.82) is 0 Å². The molecular weight excluding hydrogens is 378 g/mol. The summed E-state index contributed by atoms with van der Waals surface area (Å²) >= 11 is 0. The van der Waals surface area contributed by atoms with Crippen LogP contribution in [0.3, 0.4) is 0 Å². The Hall–Kier alpha value is -3.48. The Morgan fingerprint density at radius 1 is 1.23 bits per heavy atom. The number of aromatic amines is 1. The number of hydrogen-bond acceptors (Lipinski definition) is 4. The number of benzene rings is 2. The second-order valence-corrected chi connectivity index (χ2v) is 7.83. The summed E-state index contributed by atoms with van der Waals surface area (Å²) in [7, 11) is 0. The van der Waals surface area contributed by atoms with Crippen LogP contribution in [0.5, 0.6) is 0 Å². The highest BCUT2D eigenvalue weighted by atomic mass is 16.1. The normalized spacial score (nSPS) is 16.0. The van der Waals surface area contributed by atoms with Gasteiger partial charge in [-0.2, -0.15) is 0 Å². The summed E-state index contributed by atoms with van der Waals surface area (Å²) in [5, 5.41) is 11.4. The first-order chi connectivity index (χ1) is 14.7. The molecule has 0 saturated carbocycles. The Labute approximate surface area is 173 Å². The zero-order valence-corrected chi connectivity index (χ0v) is 16.8. The molecule has 30 heavy (non-hydrogen) atoms. The van der Waals surface area contributed by atoms with Gasteiger partial charge >= 0.3 is 0 Å². The standard InChI is InChI=1S/C23H23N5O2/c1-2-6-20-26-27-21-23(30)25-18-13-15(11-12-19(18)28(20)21)22(29)24-17-10-5-8-14-7-3-4-9-16(14)17/h3-4,7,9,11-13,17H,2,5-6,8,10H2,1H3,(H,24,29)(H,25,30). The van der Waals surface area contributed by atoms with Gasteiger partial charge in [0.1, 0.15) is 5.82 Å². The van der Waals surface area contributed by atoms with Crippen molar-refractivity contribution in [2.45, 2.75) is 45.1 Å². The van der Waals surface area contributed by atoms with Crippen LogP contribution in [0.2, 0.25) is 0 Å². The summed E-state index contributed by atoms with van der Waals surface area (Å²) in [6.07, 6.45) is 4.66. The Morgan fingerprint density at radius 3 is 2.97 bits per heavy atom. The van der Waals surface area contributed by atoms with E-state index in [2.05, 4.69) is 39.6 Å². The molecule has 1 aliphatic rings. The summed E-state index contributed by atoms with van der Waals surface area (Å²) in [5.41, 5.74) is 4.37. The number of hydrogen-bond donors (Lipinski definition) is 2. The minimum atomic E-state index is -0.309. The second kappa shape index (κ2) is 7.40. The summed E-state index contributed by atoms with van der Waals surface area (Å²) in [6, 6.07) is 13.7. The molecule has 2 aromatic carbocycles. The molecule has 0 fully saturated rings. The highest BCUT2D eigenvalue weighted by molar-refractivity contribution is 5.97. The number of aryl methyl sites for hydroxylation is 2. The van der Waals surface area contributed by atoms with Gasteiger partial charge in [0.25, 0.3) is 11.5 Å². The second-order valence-electron chi connectivity index (χ2n) is 7.83. The maximum absolute atomic E-state index is 13.0. The number of fused-ring (bicyclic) bond motifs is 4. The van der Waals surface area contributed by atoms with E-state index in [-0.39, 0.29) is 23.2 Å². The molecule has 1 unspecified atom stereocenters. The van der Waals surface area contributed by atoms with Gasteiger partial charge in [-0.1, -0.05) is 31.2 Å². The third-order valence-electron chi connectivity index (χ3n) is 5.83. The summed E-state index contributed by atoms with van der Waals surface area (Å²) in [4.78, 5) is 28.3. The van der Waals surface area contributed by atoms with E-state index < -0.39 is 0 Å². The average Bonchev–Trinajstić information content (AvgIpc) is 3.19. The van der Waals surface area contributed by atoms with Gasteiger partial charge in [0.15, 0.2) is 0 Å². The molecule has 0 spiro atoms. The summed E-state index contributed by atoms with van der Waals surface area (Å²) in [5.74, 6) is 0.608. The van der Waals surface area contributed by atoms with Gasteiger partial charge in [0.2, 0.25) is 5.65 Å². The van der Waals surface area contributed by atoms with Crippen molar-refractivity contribution in [3.63, 3.8) is 0 Å². The Morgan fingerprint density at radius 2 is 2.10 bits per heavy atom. The predicted octanol–water partition coefficient (Wildman–Crippen LogP) is 3.33. The van der Waals surface area contributed by atoms with Crippen LogP contribution in [0.1, 0.15) is 59.5 Å². The van der Waals surface area contributed by atoms with Crippen LogP contribution in [0.4, 0.5) is 0 Å². The topological polar surface area (TPSA) is 92.2 Å². The number of nitrogens with zero attached hydrogens (tertiary/aromatic N) is 3. The lowest BCUT2D eigenvalue weighted by molar-refractivity contribution is 0.0933. The van der Waals surface area contributed by atoms with Crippen LogP contribution in [0, 0.1) is 0 Å². The number of carbonyl (C=O) groups excluding carboxylic acids is 1. The fourth-order valence-electron chi connectivity index (χ4n) is 4.40. The highest BCUT2D eigenvalue weighted by Crippen LogP contribution is 2.29. The minimum absolute atomic E-state index is 0.00804. The van der Waals surface area contributed by atoms with Crippen molar-refractivity contribution in [3.8, 4) is 0 Å². The lowest BCUT2D eigenvalue weighted by Gasteiger charge is -2.26. The largest absolute Gasteiger partial charge is 0.345 e. The zero-order valence-electron chi connectivity index (χ0n) is 16.8. The lowest BCUT2D eigenvalue weighted by atomic mass is 9.87. The average molecular weight is 401 g/mol. The number of H-pyrrole nitrogens is 1. The van der Waals surface area contributed by atoms with Crippen molar-refractivity contribution in [1.82, 2.24) is 24.9 Å². The SMILES string of the molecule is CCCc1nnc2c(=O)[nH]c3cc(C(=O)NC4CCCc5ccccc54)ccc3n12. The third kappa shape index (κ3) is 3.07. The highest BCUT2D eigenvalue weighted by Gasteiger charge is 2.22. The maximum Gasteiger partial charge on any atom is 0.294 e. The third-order valence-corrected chi connectivity index (χ3v) is 5.83. The van der Waals surface area contributed by atoms with Gasteiger partial charge in [-0.15, -0.1) is 10.2 Å². The van der Waals surface area contributed by atoms with Crippen molar-refractivity contribution >= 4 is 22.6 Å². The monoisotopic (exact) mass is 401 g/mol. The fraction of sp³-hybridized carbons (Fsp3) is 0.304. The van der Waals surface area contributed by atoms with Crippen molar-refractivity contribution in [2.24, 2.45) is 0 Å². The minimum Gasteiger partial charge on any atom is -0.345 e. The van der Waals surface area contributed by atoms with E-state index >= 15 is 0 Å². The number of nitrogens with one attached hydrogen (secondary N) is 2. The van der Waals surface area contributed by atoms with E-state index in [4.69, 9.17) is 0 Å². The molecular formula is C23H23N5O2. The first kappa shape index (κ1) is 18.5. The van der Waals surface area contributed by atoms with Crippen molar-refractivity contribution in [2.75, 3.05) is 0 Å². The Balaban J connectivity index is 1.51. The molecule has 2 N–H and O–H groups in total. The molecule has 152 valence electrons.